The number of unbranched alkanes of at least 4 members (excludes halogenated alkanes) is 1. The third-order valence-corrected chi connectivity index (χ3v) is 6.63. The van der Waals surface area contributed by atoms with Gasteiger partial charge < -0.3 is 26.0 Å². The molecule has 2 heterocycles. The zero-order chi connectivity index (χ0) is 24.1. The van der Waals surface area contributed by atoms with E-state index in [0.29, 0.717) is 24.5 Å². The number of rotatable bonds is 8. The number of anilines is 3. The Morgan fingerprint density at radius 3 is 2.74 bits per heavy atom. The van der Waals surface area contributed by atoms with Gasteiger partial charge in [-0.3, -0.25) is 4.79 Å². The summed E-state index contributed by atoms with van der Waals surface area (Å²) in [5.41, 5.74) is 4.52. The summed E-state index contributed by atoms with van der Waals surface area (Å²) in [5.74, 6) is 1.17. The zero-order valence-electron chi connectivity index (χ0n) is 20.3. The van der Waals surface area contributed by atoms with E-state index < -0.39 is 0 Å². The first-order valence-corrected chi connectivity index (χ1v) is 12.3. The fourth-order valence-corrected chi connectivity index (χ4v) is 4.69. The van der Waals surface area contributed by atoms with Crippen molar-refractivity contribution in [2.24, 2.45) is 0 Å². The van der Waals surface area contributed by atoms with Crippen LogP contribution in [0.1, 0.15) is 72.5 Å². The summed E-state index contributed by atoms with van der Waals surface area (Å²) in [6.07, 6.45) is 5.45. The minimum absolute atomic E-state index is 0.0357. The first-order valence-electron chi connectivity index (χ1n) is 12.3. The Morgan fingerprint density at radius 1 is 1.18 bits per heavy atom. The molecule has 2 aromatic rings. The molecule has 8 nitrogen and oxygen atoms in total. The molecule has 2 amide bonds. The van der Waals surface area contributed by atoms with Gasteiger partial charge in [0.1, 0.15) is 11.6 Å². The molecule has 0 saturated heterocycles. The molecule has 182 valence electrons. The van der Waals surface area contributed by atoms with Crippen LogP contribution in [0.2, 0.25) is 0 Å². The highest BCUT2D eigenvalue weighted by atomic mass is 16.5. The Bertz CT molecular complexity index is 1050. The molecule has 8 heteroatoms. The molecule has 1 saturated carbocycles. The van der Waals surface area contributed by atoms with Gasteiger partial charge in [0.25, 0.3) is 5.91 Å². The Kier molecular flexibility index (Phi) is 7.55. The van der Waals surface area contributed by atoms with Crippen LogP contribution in [0.25, 0.3) is 0 Å². The second-order valence-electron chi connectivity index (χ2n) is 9.24. The molecule has 1 aromatic heterocycles. The number of amides is 2. The molecule has 0 radical (unpaired) electrons. The van der Waals surface area contributed by atoms with E-state index in [0.717, 1.165) is 66.7 Å². The van der Waals surface area contributed by atoms with Gasteiger partial charge in [-0.15, -0.1) is 0 Å². The molecular weight excluding hydrogens is 430 g/mol. The number of alkyl carbamates (subject to hydrolysis) is 1. The standard InChI is InChI=1S/C26H35N5O3/c1-4-5-13-34-26(33)30-21-12-7-6-11-20(21)29-23-17(3)19-15-27-25(32)22(19)24(31-23)28-18-10-8-9-16(2)14-18/h8-10,14,20-21H,4-7,11-13,15H2,1-3H3,(H,27,32)(H,30,33)(H2,28,29,31)/t20-,21+/m1/s1. The molecule has 34 heavy (non-hydrogen) atoms. The number of ether oxygens (including phenoxy) is 1. The number of fused-ring (bicyclic) bond motifs is 1. The predicted octanol–water partition coefficient (Wildman–Crippen LogP) is 4.93. The number of aryl methyl sites for hydroxylation is 1. The number of benzene rings is 1. The lowest BCUT2D eigenvalue weighted by atomic mass is 9.90. The number of carbonyl (C=O) groups is 2. The van der Waals surface area contributed by atoms with Crippen LogP contribution in [0.4, 0.5) is 22.1 Å². The van der Waals surface area contributed by atoms with E-state index in [4.69, 9.17) is 9.72 Å². The van der Waals surface area contributed by atoms with Crippen LogP contribution in [0.5, 0.6) is 0 Å². The van der Waals surface area contributed by atoms with E-state index in [1.54, 1.807) is 0 Å². The minimum Gasteiger partial charge on any atom is -0.450 e. The molecule has 0 unspecified atom stereocenters. The molecule has 0 spiro atoms. The Hall–Kier alpha value is -3.29. The zero-order valence-corrected chi connectivity index (χ0v) is 20.3. The molecular formula is C26H35N5O3. The van der Waals surface area contributed by atoms with Crippen molar-refractivity contribution in [1.82, 2.24) is 15.6 Å². The Labute approximate surface area is 201 Å². The molecule has 1 aliphatic carbocycles. The van der Waals surface area contributed by atoms with Crippen molar-refractivity contribution >= 4 is 29.3 Å². The van der Waals surface area contributed by atoms with E-state index in [2.05, 4.69) is 28.2 Å². The second kappa shape index (κ2) is 10.8. The Balaban J connectivity index is 1.57. The normalized spacial score (nSPS) is 19.2. The van der Waals surface area contributed by atoms with E-state index >= 15 is 0 Å². The van der Waals surface area contributed by atoms with Gasteiger partial charge in [-0.2, -0.15) is 0 Å². The van der Waals surface area contributed by atoms with Crippen molar-refractivity contribution < 1.29 is 14.3 Å². The number of hydrogen-bond donors (Lipinski definition) is 4. The summed E-state index contributed by atoms with van der Waals surface area (Å²) in [6.45, 7) is 7.01. The van der Waals surface area contributed by atoms with Crippen LogP contribution in [-0.2, 0) is 11.3 Å². The maximum absolute atomic E-state index is 12.6. The molecule has 1 fully saturated rings. The summed E-state index contributed by atoms with van der Waals surface area (Å²) in [5, 5.41) is 12.9. The lowest BCUT2D eigenvalue weighted by Crippen LogP contribution is -2.49. The van der Waals surface area contributed by atoms with E-state index in [-0.39, 0.29) is 24.1 Å². The fourth-order valence-electron chi connectivity index (χ4n) is 4.69. The van der Waals surface area contributed by atoms with Crippen LogP contribution < -0.4 is 21.3 Å². The second-order valence-corrected chi connectivity index (χ2v) is 9.24. The van der Waals surface area contributed by atoms with E-state index in [1.165, 1.54) is 0 Å². The number of nitrogens with one attached hydrogen (secondary N) is 4. The topological polar surface area (TPSA) is 104 Å². The van der Waals surface area contributed by atoms with Crippen LogP contribution in [0.3, 0.4) is 0 Å². The van der Waals surface area contributed by atoms with Crippen molar-refractivity contribution in [3.63, 3.8) is 0 Å². The van der Waals surface area contributed by atoms with Crippen molar-refractivity contribution in [2.45, 2.75) is 77.9 Å². The summed E-state index contributed by atoms with van der Waals surface area (Å²) in [6, 6.07) is 7.99. The average Bonchev–Trinajstić information content (AvgIpc) is 3.20. The monoisotopic (exact) mass is 465 g/mol. The lowest BCUT2D eigenvalue weighted by Gasteiger charge is -2.33. The minimum atomic E-state index is -0.359. The predicted molar refractivity (Wildman–Crippen MR) is 134 cm³/mol. The van der Waals surface area contributed by atoms with Gasteiger partial charge >= 0.3 is 6.09 Å². The maximum Gasteiger partial charge on any atom is 0.407 e. The highest BCUT2D eigenvalue weighted by Crippen LogP contribution is 2.33. The summed E-state index contributed by atoms with van der Waals surface area (Å²) >= 11 is 0. The van der Waals surface area contributed by atoms with Gasteiger partial charge in [0.2, 0.25) is 0 Å². The maximum atomic E-state index is 12.6. The van der Waals surface area contributed by atoms with Crippen molar-refractivity contribution in [3.8, 4) is 0 Å². The lowest BCUT2D eigenvalue weighted by molar-refractivity contribution is 0.0966. The SMILES string of the molecule is CCCCOC(=O)N[C@H]1CCCC[C@H]1Nc1nc(Nc2cccc(C)c2)c2c(c1C)CNC2=O. The van der Waals surface area contributed by atoms with Gasteiger partial charge in [0.05, 0.1) is 18.2 Å². The molecule has 1 aliphatic heterocycles. The number of pyridine rings is 1. The van der Waals surface area contributed by atoms with Gasteiger partial charge in [0, 0.05) is 18.3 Å². The van der Waals surface area contributed by atoms with E-state index in [9.17, 15) is 9.59 Å². The van der Waals surface area contributed by atoms with Crippen LogP contribution in [0, 0.1) is 13.8 Å². The first kappa shape index (κ1) is 23.9. The molecule has 0 bridgehead atoms. The highest BCUT2D eigenvalue weighted by Gasteiger charge is 2.31. The number of carbonyl (C=O) groups excluding carboxylic acids is 2. The quantitative estimate of drug-likeness (QED) is 0.412. The largest absolute Gasteiger partial charge is 0.450 e. The van der Waals surface area contributed by atoms with Gasteiger partial charge in [-0.05, 0) is 61.9 Å². The average molecular weight is 466 g/mol. The van der Waals surface area contributed by atoms with Gasteiger partial charge in [-0.25, -0.2) is 9.78 Å². The molecule has 2 aliphatic rings. The molecule has 4 rings (SSSR count). The smallest absolute Gasteiger partial charge is 0.407 e. The first-order chi connectivity index (χ1) is 16.5. The van der Waals surface area contributed by atoms with Crippen LogP contribution >= 0.6 is 0 Å². The number of hydrogen-bond acceptors (Lipinski definition) is 6. The summed E-state index contributed by atoms with van der Waals surface area (Å²) in [4.78, 5) is 29.8. The fraction of sp³-hybridized carbons (Fsp3) is 0.500. The molecule has 2 atom stereocenters. The Morgan fingerprint density at radius 2 is 1.97 bits per heavy atom. The number of aromatic nitrogens is 1. The highest BCUT2D eigenvalue weighted by molar-refractivity contribution is 6.04. The third kappa shape index (κ3) is 5.43. The van der Waals surface area contributed by atoms with Crippen LogP contribution in [0.15, 0.2) is 24.3 Å². The number of nitrogens with zero attached hydrogens (tertiary/aromatic N) is 1. The van der Waals surface area contributed by atoms with Gasteiger partial charge in [0.15, 0.2) is 0 Å². The van der Waals surface area contributed by atoms with Crippen LogP contribution in [-0.4, -0.2) is 35.7 Å². The van der Waals surface area contributed by atoms with Crippen molar-refractivity contribution in [1.29, 1.82) is 0 Å². The van der Waals surface area contributed by atoms with Crippen molar-refractivity contribution in [3.05, 3.63) is 46.5 Å². The van der Waals surface area contributed by atoms with Crippen molar-refractivity contribution in [2.75, 3.05) is 17.2 Å². The van der Waals surface area contributed by atoms with E-state index in [1.807, 2.05) is 38.1 Å². The van der Waals surface area contributed by atoms with Gasteiger partial charge in [-0.1, -0.05) is 38.3 Å². The summed E-state index contributed by atoms with van der Waals surface area (Å²) in [7, 11) is 0. The summed E-state index contributed by atoms with van der Waals surface area (Å²) < 4.78 is 5.33. The third-order valence-electron chi connectivity index (χ3n) is 6.63. The molecule has 1 aromatic carbocycles. The molecule has 4 N–H and O–H groups in total.